The third kappa shape index (κ3) is 11.2. The van der Waals surface area contributed by atoms with Crippen molar-refractivity contribution in [1.82, 2.24) is 24.7 Å². The van der Waals surface area contributed by atoms with E-state index in [0.29, 0.717) is 34.8 Å². The van der Waals surface area contributed by atoms with E-state index in [-0.39, 0.29) is 46.5 Å². The van der Waals surface area contributed by atoms with E-state index >= 15 is 0 Å². The molecule has 0 bridgehead atoms. The van der Waals surface area contributed by atoms with E-state index in [2.05, 4.69) is 83.1 Å². The van der Waals surface area contributed by atoms with E-state index in [9.17, 15) is 14.9 Å². The Morgan fingerprint density at radius 1 is 0.845 bits per heavy atom. The first kappa shape index (κ1) is 53.2. The fourth-order valence-electron chi connectivity index (χ4n) is 8.94. The zero-order chi connectivity index (χ0) is 51.1. The average molecular weight is 1000 g/mol. The van der Waals surface area contributed by atoms with Crippen LogP contribution in [0.25, 0.3) is 11.2 Å². The molecule has 5 atom stereocenters. The molecule has 2 aromatic heterocycles. The molecule has 7 rings (SSSR count). The van der Waals surface area contributed by atoms with Crippen molar-refractivity contribution in [3.63, 3.8) is 0 Å². The number of rotatable bonds is 21. The summed E-state index contributed by atoms with van der Waals surface area (Å²) in [5.41, 5.74) is 2.42. The third-order valence-corrected chi connectivity index (χ3v) is 19.5. The molecule has 1 saturated heterocycles. The SMILES string of the molecule is COc1ccc(C(OC[C@H]2O[C@@H](n3cnc4c(NC(=O)c5ccccc5)ncnc43)[C@H](O[Si](C)(C)C(C)(C)C)[C@@H]2OP(O)N[N+](CCC#N)(C(C)C)C(C)C)(c2ccccc2)c2ccc(OC)cc2)cc1. The van der Waals surface area contributed by atoms with Crippen LogP contribution in [0.1, 0.15) is 88.2 Å². The lowest BCUT2D eigenvalue weighted by atomic mass is 9.80. The minimum absolute atomic E-state index is 0.0378. The van der Waals surface area contributed by atoms with Crippen LogP contribution in [0, 0.1) is 11.3 Å². The molecule has 1 unspecified atom stereocenters. The van der Waals surface area contributed by atoms with Gasteiger partial charge in [-0.05, 0) is 98.9 Å². The summed E-state index contributed by atoms with van der Waals surface area (Å²) in [6.45, 7) is 19.4. The number of aromatic nitrogens is 4. The van der Waals surface area contributed by atoms with Gasteiger partial charge in [0.2, 0.25) is 0 Å². The quantitative estimate of drug-likeness (QED) is 0.0204. The van der Waals surface area contributed by atoms with Crippen LogP contribution >= 0.6 is 8.53 Å². The van der Waals surface area contributed by atoms with E-state index < -0.39 is 47.0 Å². The summed E-state index contributed by atoms with van der Waals surface area (Å²) < 4.78 is 42.4. The number of benzene rings is 4. The van der Waals surface area contributed by atoms with Crippen molar-refractivity contribution in [2.75, 3.05) is 32.7 Å². The highest BCUT2D eigenvalue weighted by Gasteiger charge is 2.54. The van der Waals surface area contributed by atoms with Crippen LogP contribution in [0.3, 0.4) is 0 Å². The van der Waals surface area contributed by atoms with Crippen molar-refractivity contribution < 1.29 is 42.2 Å². The number of nitrogens with one attached hydrogen (secondary N) is 2. The number of imidazole rings is 1. The summed E-state index contributed by atoms with van der Waals surface area (Å²) in [5.74, 6) is 1.23. The molecule has 0 radical (unpaired) electrons. The highest BCUT2D eigenvalue weighted by atomic mass is 31.2. The van der Waals surface area contributed by atoms with Crippen LogP contribution in [-0.4, -0.2) is 101 Å². The smallest absolute Gasteiger partial charge is 0.303 e. The number of hydrogen-bond donors (Lipinski definition) is 3. The molecule has 1 aliphatic rings. The number of ether oxygens (including phenoxy) is 4. The monoisotopic (exact) mass is 1000 g/mol. The summed E-state index contributed by atoms with van der Waals surface area (Å²) in [4.78, 5) is 39.7. The second kappa shape index (κ2) is 22.4. The second-order valence-corrected chi connectivity index (χ2v) is 25.5. The van der Waals surface area contributed by atoms with Gasteiger partial charge in [-0.25, -0.2) is 19.5 Å². The number of methoxy groups -OCH3 is 2. The van der Waals surface area contributed by atoms with Crippen molar-refractivity contribution in [2.24, 2.45) is 0 Å². The molecule has 18 heteroatoms. The fraction of sp³-hybridized carbons (Fsp3) is 0.415. The van der Waals surface area contributed by atoms with Crippen LogP contribution in [0.4, 0.5) is 5.82 Å². The average Bonchev–Trinajstić information content (AvgIpc) is 3.94. The Labute approximate surface area is 419 Å². The zero-order valence-electron chi connectivity index (χ0n) is 42.6. The van der Waals surface area contributed by atoms with Gasteiger partial charge in [0.05, 0.1) is 39.6 Å². The van der Waals surface area contributed by atoms with Gasteiger partial charge in [0.25, 0.3) is 5.91 Å². The minimum Gasteiger partial charge on any atom is -0.497 e. The van der Waals surface area contributed by atoms with Crippen molar-refractivity contribution in [2.45, 2.75) is 115 Å². The number of carbonyl (C=O) groups excluding carboxylic acids is 1. The van der Waals surface area contributed by atoms with Gasteiger partial charge in [-0.3, -0.25) is 9.36 Å². The molecule has 0 spiro atoms. The Morgan fingerprint density at radius 2 is 1.41 bits per heavy atom. The molecule has 0 saturated carbocycles. The van der Waals surface area contributed by atoms with Gasteiger partial charge >= 0.3 is 8.53 Å². The first-order chi connectivity index (χ1) is 33.9. The molecule has 6 aromatic rings. The lowest BCUT2D eigenvalue weighted by Gasteiger charge is -2.45. The van der Waals surface area contributed by atoms with E-state index in [4.69, 9.17) is 37.9 Å². The number of amides is 1. The first-order valence-electron chi connectivity index (χ1n) is 23.9. The standard InChI is InChI=1S/C53H67N8O8PSi/c1-36(2)61(37(3)4,32-18-31-54)59-70(63)68-46-44(33-66-53(39-21-16-13-17-22-39,40-23-27-42(64-8)28-24-40)41-25-29-43(65-9)30-26-41)67-51(47(46)69-71(10,11)52(5,6)7)60-35-57-45-48(55-34-56-49(45)60)58-50(62)38-19-14-12-15-20-38/h12-17,19-30,34-37,44,46-47,51,59,63H,18,32-33H2,1-11H3/p+1/t44-,46-,47-,51-,70?/m1/s1. The van der Waals surface area contributed by atoms with Crippen molar-refractivity contribution in [3.05, 3.63) is 144 Å². The van der Waals surface area contributed by atoms with Crippen LogP contribution in [0.2, 0.25) is 18.1 Å². The lowest BCUT2D eigenvalue weighted by molar-refractivity contribution is -0.994. The van der Waals surface area contributed by atoms with Gasteiger partial charge in [0.1, 0.15) is 60.4 Å². The molecule has 1 fully saturated rings. The van der Waals surface area contributed by atoms with Gasteiger partial charge in [-0.2, -0.15) is 5.26 Å². The number of nitriles is 1. The molecule has 3 N–H and O–H groups in total. The third-order valence-electron chi connectivity index (χ3n) is 14.0. The van der Waals surface area contributed by atoms with E-state index in [1.807, 2.05) is 84.9 Å². The Kier molecular flexibility index (Phi) is 16.8. The predicted octanol–water partition coefficient (Wildman–Crippen LogP) is 10.0. The van der Waals surface area contributed by atoms with Gasteiger partial charge < -0.3 is 38.1 Å². The summed E-state index contributed by atoms with van der Waals surface area (Å²) in [6, 6.07) is 36.7. The van der Waals surface area contributed by atoms with Crippen LogP contribution in [0.5, 0.6) is 11.5 Å². The first-order valence-corrected chi connectivity index (χ1v) is 28.0. The summed E-state index contributed by atoms with van der Waals surface area (Å²) in [6.07, 6.45) is -0.434. The number of hydrogen-bond acceptors (Lipinski definition) is 13. The van der Waals surface area contributed by atoms with E-state index in [0.717, 1.165) is 16.7 Å². The molecular weight excluding hydrogens is 936 g/mol. The van der Waals surface area contributed by atoms with Crippen molar-refractivity contribution in [3.8, 4) is 17.6 Å². The lowest BCUT2D eigenvalue weighted by Crippen LogP contribution is -2.64. The van der Waals surface area contributed by atoms with Gasteiger partial charge in [-0.15, -0.1) is 0 Å². The van der Waals surface area contributed by atoms with Crippen LogP contribution < -0.4 is 20.0 Å². The van der Waals surface area contributed by atoms with Crippen LogP contribution in [0.15, 0.2) is 122 Å². The van der Waals surface area contributed by atoms with E-state index in [1.165, 1.54) is 6.33 Å². The highest BCUT2D eigenvalue weighted by molar-refractivity contribution is 7.43. The Morgan fingerprint density at radius 3 is 1.94 bits per heavy atom. The Hall–Kier alpha value is -5.64. The predicted molar refractivity (Wildman–Crippen MR) is 277 cm³/mol. The molecule has 71 heavy (non-hydrogen) atoms. The van der Waals surface area contributed by atoms with Crippen LogP contribution in [-0.2, 0) is 24.0 Å². The molecule has 0 aliphatic carbocycles. The van der Waals surface area contributed by atoms with Gasteiger partial charge in [-0.1, -0.05) is 98.8 Å². The molecular formula is C53H68N8O8PSi+. The van der Waals surface area contributed by atoms with Gasteiger partial charge in [0.15, 0.2) is 31.5 Å². The maximum Gasteiger partial charge on any atom is 0.303 e. The van der Waals surface area contributed by atoms with E-state index in [1.54, 1.807) is 49.4 Å². The molecule has 1 aliphatic heterocycles. The maximum atomic E-state index is 13.4. The van der Waals surface area contributed by atoms with Crippen molar-refractivity contribution in [1.29, 1.82) is 5.26 Å². The zero-order valence-corrected chi connectivity index (χ0v) is 44.5. The Bertz CT molecular complexity index is 2680. The fourth-order valence-corrected chi connectivity index (χ4v) is 11.6. The summed E-state index contributed by atoms with van der Waals surface area (Å²) in [5, 5.41) is 15.9. The van der Waals surface area contributed by atoms with Crippen molar-refractivity contribution >= 4 is 39.7 Å². The molecule has 16 nitrogen and oxygen atoms in total. The summed E-state index contributed by atoms with van der Waals surface area (Å²) >= 11 is 0. The second-order valence-electron chi connectivity index (χ2n) is 19.8. The maximum absolute atomic E-state index is 13.4. The number of quaternary nitrogens is 1. The Balaban J connectivity index is 1.39. The topological polar surface area (TPSA) is 184 Å². The minimum atomic E-state index is -2.70. The summed E-state index contributed by atoms with van der Waals surface area (Å²) in [7, 11) is -1.87. The molecule has 376 valence electrons. The number of nitrogens with zero attached hydrogens (tertiary/aromatic N) is 6. The molecule has 3 heterocycles. The van der Waals surface area contributed by atoms with Gasteiger partial charge in [0, 0.05) is 5.56 Å². The molecule has 4 aromatic carbocycles. The number of fused-ring (bicyclic) bond motifs is 1. The highest BCUT2D eigenvalue weighted by Crippen LogP contribution is 2.49. The normalized spacial score (nSPS) is 18.2. The molecule has 1 amide bonds. The largest absolute Gasteiger partial charge is 0.497 e. The number of anilines is 1. The number of carbonyl (C=O) groups is 1.